The first-order chi connectivity index (χ1) is 16.7. The second-order valence-electron chi connectivity index (χ2n) is 7.82. The molecular formula is C26H19F3N4O2. The van der Waals surface area contributed by atoms with Crippen LogP contribution in [-0.4, -0.2) is 23.8 Å². The smallest absolute Gasteiger partial charge is 0.354 e. The molecule has 1 aromatic heterocycles. The van der Waals surface area contributed by atoms with Crippen molar-refractivity contribution in [2.45, 2.75) is 12.7 Å². The van der Waals surface area contributed by atoms with Crippen molar-refractivity contribution in [1.29, 1.82) is 5.26 Å². The monoisotopic (exact) mass is 476 g/mol. The average molecular weight is 476 g/mol. The van der Waals surface area contributed by atoms with Gasteiger partial charge < -0.3 is 15.6 Å². The molecule has 0 aliphatic heterocycles. The number of hydrogen-bond acceptors (Lipinski definition) is 3. The summed E-state index contributed by atoms with van der Waals surface area (Å²) in [5, 5.41) is 15.3. The Hall–Kier alpha value is -4.58. The van der Waals surface area contributed by atoms with E-state index in [1.54, 1.807) is 42.5 Å². The number of nitrogens with one attached hydrogen (secondary N) is 3. The highest BCUT2D eigenvalue weighted by molar-refractivity contribution is 6.03. The Bertz CT molecular complexity index is 1460. The fourth-order valence-corrected chi connectivity index (χ4v) is 3.74. The zero-order valence-corrected chi connectivity index (χ0v) is 18.5. The lowest BCUT2D eigenvalue weighted by Crippen LogP contribution is -2.23. The first-order valence-corrected chi connectivity index (χ1v) is 10.5. The van der Waals surface area contributed by atoms with Crippen molar-refractivity contribution < 1.29 is 22.8 Å². The summed E-state index contributed by atoms with van der Waals surface area (Å²) in [6.45, 7) is -0.0546. The number of halogens is 3. The van der Waals surface area contributed by atoms with Crippen LogP contribution < -0.4 is 10.6 Å². The molecule has 1 heterocycles. The molecule has 0 unspecified atom stereocenters. The molecule has 0 saturated heterocycles. The van der Waals surface area contributed by atoms with Crippen LogP contribution in [0.1, 0.15) is 37.5 Å². The summed E-state index contributed by atoms with van der Waals surface area (Å²) in [7, 11) is 1.52. The maximum Gasteiger partial charge on any atom is 0.416 e. The molecule has 0 saturated carbocycles. The van der Waals surface area contributed by atoms with Gasteiger partial charge in [0, 0.05) is 30.1 Å². The number of fused-ring (bicyclic) bond motifs is 1. The molecule has 6 nitrogen and oxygen atoms in total. The fourth-order valence-electron chi connectivity index (χ4n) is 3.74. The van der Waals surface area contributed by atoms with Crippen LogP contribution in [0, 0.1) is 11.3 Å². The van der Waals surface area contributed by atoms with Crippen molar-refractivity contribution in [3.63, 3.8) is 0 Å². The van der Waals surface area contributed by atoms with E-state index < -0.39 is 17.6 Å². The molecule has 2 amide bonds. The van der Waals surface area contributed by atoms with Crippen LogP contribution in [0.4, 0.5) is 13.2 Å². The van der Waals surface area contributed by atoms with Crippen LogP contribution >= 0.6 is 0 Å². The second-order valence-corrected chi connectivity index (χ2v) is 7.82. The summed E-state index contributed by atoms with van der Waals surface area (Å²) in [6, 6.07) is 18.5. The van der Waals surface area contributed by atoms with Gasteiger partial charge in [0.25, 0.3) is 11.8 Å². The van der Waals surface area contributed by atoms with Gasteiger partial charge in [-0.15, -0.1) is 0 Å². The number of carbonyl (C=O) groups excluding carboxylic acids is 2. The van der Waals surface area contributed by atoms with Crippen molar-refractivity contribution in [1.82, 2.24) is 15.6 Å². The third-order valence-electron chi connectivity index (χ3n) is 5.50. The van der Waals surface area contributed by atoms with Crippen LogP contribution in [0.25, 0.3) is 22.0 Å². The minimum atomic E-state index is -4.45. The Morgan fingerprint density at radius 2 is 1.74 bits per heavy atom. The maximum absolute atomic E-state index is 12.9. The lowest BCUT2D eigenvalue weighted by Gasteiger charge is -2.10. The average Bonchev–Trinajstić information content (AvgIpc) is 3.30. The predicted octanol–water partition coefficient (Wildman–Crippen LogP) is 5.01. The summed E-state index contributed by atoms with van der Waals surface area (Å²) in [6.07, 6.45) is -4.45. The lowest BCUT2D eigenvalue weighted by atomic mass is 9.98. The highest BCUT2D eigenvalue weighted by Crippen LogP contribution is 2.32. The van der Waals surface area contributed by atoms with Gasteiger partial charge in [-0.25, -0.2) is 0 Å². The summed E-state index contributed by atoms with van der Waals surface area (Å²) in [5.74, 6) is -0.730. The van der Waals surface area contributed by atoms with Crippen LogP contribution in [0.5, 0.6) is 0 Å². The molecule has 3 N–H and O–H groups in total. The predicted molar refractivity (Wildman–Crippen MR) is 124 cm³/mol. The molecule has 0 atom stereocenters. The molecular weight excluding hydrogens is 457 g/mol. The Labute approximate surface area is 198 Å². The normalized spacial score (nSPS) is 11.2. The van der Waals surface area contributed by atoms with Crippen LogP contribution in [0.2, 0.25) is 0 Å². The van der Waals surface area contributed by atoms with Gasteiger partial charge in [0.15, 0.2) is 0 Å². The van der Waals surface area contributed by atoms with Crippen LogP contribution in [-0.2, 0) is 12.7 Å². The lowest BCUT2D eigenvalue weighted by molar-refractivity contribution is -0.137. The Kier molecular flexibility index (Phi) is 6.30. The topological polar surface area (TPSA) is 97.8 Å². The van der Waals surface area contributed by atoms with Crippen LogP contribution in [0.15, 0.2) is 66.7 Å². The van der Waals surface area contributed by atoms with Crippen molar-refractivity contribution >= 4 is 22.7 Å². The van der Waals surface area contributed by atoms with Gasteiger partial charge in [-0.1, -0.05) is 24.3 Å². The molecule has 0 radical (unpaired) electrons. The van der Waals surface area contributed by atoms with E-state index in [1.807, 2.05) is 0 Å². The number of aromatic amines is 1. The number of rotatable bonds is 5. The molecule has 35 heavy (non-hydrogen) atoms. The quantitative estimate of drug-likeness (QED) is 0.378. The number of nitriles is 1. The van der Waals surface area contributed by atoms with E-state index in [9.17, 15) is 28.0 Å². The van der Waals surface area contributed by atoms with E-state index in [4.69, 9.17) is 0 Å². The largest absolute Gasteiger partial charge is 0.416 e. The van der Waals surface area contributed by atoms with Crippen molar-refractivity contribution in [3.8, 4) is 17.2 Å². The highest BCUT2D eigenvalue weighted by atomic mass is 19.4. The summed E-state index contributed by atoms with van der Waals surface area (Å²) in [4.78, 5) is 27.6. The Morgan fingerprint density at radius 1 is 1.00 bits per heavy atom. The number of H-pyrrole nitrogens is 1. The third kappa shape index (κ3) is 5.01. The summed E-state index contributed by atoms with van der Waals surface area (Å²) >= 11 is 0. The zero-order valence-electron chi connectivity index (χ0n) is 18.5. The Balaban J connectivity index is 1.56. The molecule has 3 aromatic carbocycles. The van der Waals surface area contributed by atoms with Gasteiger partial charge in [-0.05, 0) is 59.2 Å². The minimum absolute atomic E-state index is 0.0546. The van der Waals surface area contributed by atoms with Gasteiger partial charge >= 0.3 is 6.18 Å². The first kappa shape index (κ1) is 23.6. The number of carbonyl (C=O) groups is 2. The van der Waals surface area contributed by atoms with E-state index in [-0.39, 0.29) is 12.5 Å². The number of nitrogens with zero attached hydrogens (tertiary/aromatic N) is 1. The second kappa shape index (κ2) is 9.35. The van der Waals surface area contributed by atoms with Crippen molar-refractivity contribution in [3.05, 3.63) is 94.7 Å². The van der Waals surface area contributed by atoms with Gasteiger partial charge in [0.1, 0.15) is 5.69 Å². The SMILES string of the molecule is CNC(=O)c1cc2c(-c3ccc(C(=O)NCc4cccc(C(F)(F)F)c4)cc3)cc(C#N)cc2[nH]1. The number of amides is 2. The van der Waals surface area contributed by atoms with Gasteiger partial charge in [-0.3, -0.25) is 9.59 Å². The molecule has 4 rings (SSSR count). The molecule has 0 bridgehead atoms. The zero-order chi connectivity index (χ0) is 25.2. The van der Waals surface area contributed by atoms with E-state index in [0.29, 0.717) is 33.5 Å². The van der Waals surface area contributed by atoms with Crippen molar-refractivity contribution in [2.24, 2.45) is 0 Å². The molecule has 9 heteroatoms. The van der Waals surface area contributed by atoms with Crippen LogP contribution in [0.3, 0.4) is 0 Å². The number of aromatic nitrogens is 1. The molecule has 4 aromatic rings. The first-order valence-electron chi connectivity index (χ1n) is 10.5. The summed E-state index contributed by atoms with van der Waals surface area (Å²) in [5.41, 5.74) is 2.70. The third-order valence-corrected chi connectivity index (χ3v) is 5.50. The molecule has 176 valence electrons. The van der Waals surface area contributed by atoms with E-state index in [0.717, 1.165) is 23.1 Å². The standard InChI is InChI=1S/C26H19F3N4O2/c1-31-25(35)23-12-21-20(10-16(13-30)11-22(21)33-23)17-5-7-18(8-6-17)24(34)32-14-15-3-2-4-19(9-15)26(27,28)29/h2-12,33H,14H2,1H3,(H,31,35)(H,32,34). The van der Waals surface area contributed by atoms with E-state index >= 15 is 0 Å². The van der Waals surface area contributed by atoms with Gasteiger partial charge in [-0.2, -0.15) is 18.4 Å². The van der Waals surface area contributed by atoms with E-state index in [1.165, 1.54) is 19.2 Å². The maximum atomic E-state index is 12.9. The van der Waals surface area contributed by atoms with Gasteiger partial charge in [0.05, 0.1) is 17.2 Å². The Morgan fingerprint density at radius 3 is 2.40 bits per heavy atom. The molecule has 0 spiro atoms. The fraction of sp³-hybridized carbons (Fsp3) is 0.115. The van der Waals surface area contributed by atoms with E-state index in [2.05, 4.69) is 21.7 Å². The molecule has 0 fully saturated rings. The minimum Gasteiger partial charge on any atom is -0.354 e. The number of hydrogen-bond donors (Lipinski definition) is 3. The number of benzene rings is 3. The molecule has 0 aliphatic carbocycles. The van der Waals surface area contributed by atoms with Crippen molar-refractivity contribution in [2.75, 3.05) is 7.05 Å². The highest BCUT2D eigenvalue weighted by Gasteiger charge is 2.30. The number of alkyl halides is 3. The molecule has 0 aliphatic rings. The van der Waals surface area contributed by atoms with Gasteiger partial charge in [0.2, 0.25) is 0 Å². The summed E-state index contributed by atoms with van der Waals surface area (Å²) < 4.78 is 38.7.